The number of aromatic nitrogens is 2. The summed E-state index contributed by atoms with van der Waals surface area (Å²) in [5.74, 6) is 1.21. The predicted octanol–water partition coefficient (Wildman–Crippen LogP) is 4.21. The highest BCUT2D eigenvalue weighted by atomic mass is 16.1. The number of fused-ring (bicyclic) bond motifs is 8. The third-order valence-electron chi connectivity index (χ3n) is 6.06. The van der Waals surface area contributed by atoms with Gasteiger partial charge >= 0.3 is 0 Å². The molecule has 1 saturated heterocycles. The standard InChI is InChI=1S/C25H25N3O/c29-24-10-9-18-4-2-7-21(15-18)22-11-12-26-25(27-22)16-19-5-1-6-20(14-19)17-28-13-3-8-23(24)28/h1-2,4-7,11-12,14-15,23H,3,8-10,13,16-17H2/t23-/m1/s1. The van der Waals surface area contributed by atoms with Crippen molar-refractivity contribution in [1.82, 2.24) is 14.9 Å². The minimum Gasteiger partial charge on any atom is -0.298 e. The highest BCUT2D eigenvalue weighted by molar-refractivity contribution is 5.84. The van der Waals surface area contributed by atoms with Crippen LogP contribution >= 0.6 is 0 Å². The van der Waals surface area contributed by atoms with Gasteiger partial charge in [0.1, 0.15) is 11.6 Å². The SMILES string of the molecule is O=C1CCc2cccc(c2)-c2ccnc(n2)Cc2cccc(c2)CN2CCC[C@H]12. The van der Waals surface area contributed by atoms with Crippen LogP contribution in [0.2, 0.25) is 0 Å². The Labute approximate surface area is 171 Å². The molecule has 4 nitrogen and oxygen atoms in total. The van der Waals surface area contributed by atoms with E-state index >= 15 is 0 Å². The number of nitrogens with zero attached hydrogens (tertiary/aromatic N) is 3. The van der Waals surface area contributed by atoms with E-state index in [-0.39, 0.29) is 6.04 Å². The topological polar surface area (TPSA) is 46.1 Å². The van der Waals surface area contributed by atoms with Crippen molar-refractivity contribution < 1.29 is 4.79 Å². The molecule has 2 aliphatic heterocycles. The molecule has 0 unspecified atom stereocenters. The van der Waals surface area contributed by atoms with Crippen LogP contribution in [0.25, 0.3) is 11.3 Å². The number of hydrogen-bond acceptors (Lipinski definition) is 4. The maximum absolute atomic E-state index is 13.0. The molecule has 2 aromatic carbocycles. The lowest BCUT2D eigenvalue weighted by molar-refractivity contribution is -0.123. The van der Waals surface area contributed by atoms with Crippen molar-refractivity contribution in [2.24, 2.45) is 0 Å². The summed E-state index contributed by atoms with van der Waals surface area (Å²) in [4.78, 5) is 24.7. The number of benzene rings is 2. The number of Topliss-reactive ketones (excluding diaryl/α,β-unsaturated/α-hetero) is 1. The van der Waals surface area contributed by atoms with Gasteiger partial charge in [-0.3, -0.25) is 9.69 Å². The van der Waals surface area contributed by atoms with Crippen LogP contribution < -0.4 is 0 Å². The van der Waals surface area contributed by atoms with Gasteiger partial charge in [0.15, 0.2) is 0 Å². The first-order chi connectivity index (χ1) is 14.2. The second kappa shape index (κ2) is 7.88. The predicted molar refractivity (Wildman–Crippen MR) is 113 cm³/mol. The number of carbonyl (C=O) groups excluding carboxylic acids is 1. The second-order valence-corrected chi connectivity index (χ2v) is 8.15. The summed E-state index contributed by atoms with van der Waals surface area (Å²) >= 11 is 0. The van der Waals surface area contributed by atoms with E-state index in [1.54, 1.807) is 0 Å². The largest absolute Gasteiger partial charge is 0.298 e. The Morgan fingerprint density at radius 2 is 1.79 bits per heavy atom. The fourth-order valence-electron chi connectivity index (χ4n) is 4.60. The third kappa shape index (κ3) is 3.99. The molecule has 4 heteroatoms. The molecule has 0 N–H and O–H groups in total. The van der Waals surface area contributed by atoms with Crippen LogP contribution in [0.5, 0.6) is 0 Å². The quantitative estimate of drug-likeness (QED) is 0.583. The zero-order valence-corrected chi connectivity index (χ0v) is 16.6. The first kappa shape index (κ1) is 18.2. The molecule has 1 atom stereocenters. The molecule has 146 valence electrons. The molecule has 0 amide bonds. The Bertz CT molecular complexity index is 1050. The average Bonchev–Trinajstić information content (AvgIpc) is 3.20. The highest BCUT2D eigenvalue weighted by Gasteiger charge is 2.30. The first-order valence-electron chi connectivity index (χ1n) is 10.5. The van der Waals surface area contributed by atoms with Gasteiger partial charge in [0.2, 0.25) is 0 Å². The molecular formula is C25H25N3O. The monoisotopic (exact) mass is 383 g/mol. The van der Waals surface area contributed by atoms with Gasteiger partial charge in [-0.15, -0.1) is 0 Å². The van der Waals surface area contributed by atoms with Crippen molar-refractivity contribution in [3.8, 4) is 11.3 Å². The van der Waals surface area contributed by atoms with E-state index in [1.807, 2.05) is 12.3 Å². The average molecular weight is 383 g/mol. The lowest BCUT2D eigenvalue weighted by Crippen LogP contribution is -2.35. The highest BCUT2D eigenvalue weighted by Crippen LogP contribution is 2.25. The van der Waals surface area contributed by atoms with Gasteiger partial charge < -0.3 is 0 Å². The molecule has 3 heterocycles. The summed E-state index contributed by atoms with van der Waals surface area (Å²) in [7, 11) is 0. The number of ketones is 1. The smallest absolute Gasteiger partial charge is 0.150 e. The summed E-state index contributed by atoms with van der Waals surface area (Å²) in [5, 5.41) is 0. The van der Waals surface area contributed by atoms with E-state index in [9.17, 15) is 4.79 Å². The normalized spacial score (nSPS) is 19.7. The maximum Gasteiger partial charge on any atom is 0.150 e. The Morgan fingerprint density at radius 3 is 2.76 bits per heavy atom. The molecule has 29 heavy (non-hydrogen) atoms. The summed E-state index contributed by atoms with van der Waals surface area (Å²) in [6, 6.07) is 19.1. The van der Waals surface area contributed by atoms with Crippen LogP contribution in [-0.2, 0) is 24.2 Å². The number of rotatable bonds is 0. The zero-order valence-electron chi connectivity index (χ0n) is 16.6. The van der Waals surface area contributed by atoms with E-state index in [4.69, 9.17) is 4.98 Å². The van der Waals surface area contributed by atoms with Gasteiger partial charge in [0, 0.05) is 31.1 Å². The lowest BCUT2D eigenvalue weighted by Gasteiger charge is -2.24. The van der Waals surface area contributed by atoms with Crippen LogP contribution in [0.15, 0.2) is 60.8 Å². The van der Waals surface area contributed by atoms with Gasteiger partial charge in [0.25, 0.3) is 0 Å². The lowest BCUT2D eigenvalue weighted by atomic mass is 9.99. The third-order valence-corrected chi connectivity index (χ3v) is 6.06. The second-order valence-electron chi connectivity index (χ2n) is 8.15. The van der Waals surface area contributed by atoms with Crippen molar-refractivity contribution in [2.75, 3.05) is 6.54 Å². The molecule has 3 aromatic rings. The molecule has 6 bridgehead atoms. The Kier molecular flexibility index (Phi) is 4.94. The molecule has 0 saturated carbocycles. The van der Waals surface area contributed by atoms with Crippen molar-refractivity contribution in [3.63, 3.8) is 0 Å². The van der Waals surface area contributed by atoms with E-state index in [2.05, 4.69) is 58.4 Å². The zero-order chi connectivity index (χ0) is 19.6. The molecule has 0 aliphatic carbocycles. The number of hydrogen-bond donors (Lipinski definition) is 0. The molecule has 2 aliphatic rings. The molecule has 1 fully saturated rings. The minimum absolute atomic E-state index is 0.0609. The van der Waals surface area contributed by atoms with Gasteiger partial charge in [-0.05, 0) is 54.6 Å². The summed E-state index contributed by atoms with van der Waals surface area (Å²) in [5.41, 5.74) is 5.69. The first-order valence-corrected chi connectivity index (χ1v) is 10.5. The maximum atomic E-state index is 13.0. The fourth-order valence-corrected chi connectivity index (χ4v) is 4.60. The van der Waals surface area contributed by atoms with Crippen molar-refractivity contribution in [2.45, 2.75) is 44.7 Å². The van der Waals surface area contributed by atoms with Crippen LogP contribution in [-0.4, -0.2) is 33.2 Å². The van der Waals surface area contributed by atoms with E-state index < -0.39 is 0 Å². The summed E-state index contributed by atoms with van der Waals surface area (Å²) in [6.07, 6.45) is 6.02. The number of aryl methyl sites for hydroxylation is 1. The van der Waals surface area contributed by atoms with Crippen molar-refractivity contribution in [3.05, 3.63) is 83.3 Å². The Hall–Kier alpha value is -2.85. The van der Waals surface area contributed by atoms with Gasteiger partial charge in [-0.25, -0.2) is 9.97 Å². The number of carbonyl (C=O) groups is 1. The Balaban J connectivity index is 1.55. The van der Waals surface area contributed by atoms with Crippen LogP contribution in [0, 0.1) is 0 Å². The molecule has 0 radical (unpaired) electrons. The van der Waals surface area contributed by atoms with E-state index in [1.165, 1.54) is 16.7 Å². The minimum atomic E-state index is 0.0609. The van der Waals surface area contributed by atoms with Crippen LogP contribution in [0.3, 0.4) is 0 Å². The van der Waals surface area contributed by atoms with Gasteiger partial charge in [0.05, 0.1) is 11.7 Å². The van der Waals surface area contributed by atoms with Crippen molar-refractivity contribution in [1.29, 1.82) is 0 Å². The van der Waals surface area contributed by atoms with Crippen LogP contribution in [0.1, 0.15) is 41.8 Å². The van der Waals surface area contributed by atoms with E-state index in [0.29, 0.717) is 18.6 Å². The Morgan fingerprint density at radius 1 is 0.931 bits per heavy atom. The van der Waals surface area contributed by atoms with Gasteiger partial charge in [-0.1, -0.05) is 42.5 Å². The fraction of sp³-hybridized carbons (Fsp3) is 0.320. The molecule has 5 rings (SSSR count). The summed E-state index contributed by atoms with van der Waals surface area (Å²) < 4.78 is 0. The van der Waals surface area contributed by atoms with E-state index in [0.717, 1.165) is 49.4 Å². The molecular weight excluding hydrogens is 358 g/mol. The summed E-state index contributed by atoms with van der Waals surface area (Å²) in [6.45, 7) is 1.84. The molecule has 1 aromatic heterocycles. The van der Waals surface area contributed by atoms with Crippen molar-refractivity contribution >= 4 is 5.78 Å². The van der Waals surface area contributed by atoms with Crippen LogP contribution in [0.4, 0.5) is 0 Å². The van der Waals surface area contributed by atoms with Gasteiger partial charge in [-0.2, -0.15) is 0 Å². The molecule has 0 spiro atoms.